The van der Waals surface area contributed by atoms with E-state index in [0.717, 1.165) is 138 Å². The van der Waals surface area contributed by atoms with Crippen LogP contribution in [0.15, 0.2) is 328 Å². The zero-order valence-corrected chi connectivity index (χ0v) is 52.8. The fraction of sp³-hybridized carbons (Fsp3) is 0. The summed E-state index contributed by atoms with van der Waals surface area (Å²) in [5, 5.41) is 24.8. The van der Waals surface area contributed by atoms with E-state index < -0.39 is 0 Å². The van der Waals surface area contributed by atoms with Crippen LogP contribution in [0, 0.1) is 29.2 Å². The van der Waals surface area contributed by atoms with Crippen LogP contribution in [0.3, 0.4) is 0 Å². The van der Waals surface area contributed by atoms with E-state index in [4.69, 9.17) is 21.5 Å². The molecular formula is C90H54N8. The van der Waals surface area contributed by atoms with Crippen LogP contribution >= 0.6 is 0 Å². The minimum atomic E-state index is 0.391. The van der Waals surface area contributed by atoms with Crippen molar-refractivity contribution in [3.8, 4) is 136 Å². The minimum absolute atomic E-state index is 0.391. The normalized spacial score (nSPS) is 11.2. The van der Waals surface area contributed by atoms with Gasteiger partial charge in [0, 0.05) is 49.6 Å². The van der Waals surface area contributed by atoms with E-state index in [9.17, 15) is 10.5 Å². The van der Waals surface area contributed by atoms with Gasteiger partial charge < -0.3 is 9.13 Å². The van der Waals surface area contributed by atoms with Gasteiger partial charge in [0.1, 0.15) is 0 Å². The van der Waals surface area contributed by atoms with Gasteiger partial charge >= 0.3 is 0 Å². The highest BCUT2D eigenvalue weighted by atomic mass is 15.0. The number of rotatable bonds is 12. The highest BCUT2D eigenvalue weighted by Gasteiger charge is 2.25. The summed E-state index contributed by atoms with van der Waals surface area (Å²) in [6.07, 6.45) is 0. The number of nitriles is 2. The van der Waals surface area contributed by atoms with Gasteiger partial charge in [0.2, 0.25) is 0 Å². The molecule has 454 valence electrons. The van der Waals surface area contributed by atoms with E-state index in [1.807, 2.05) is 115 Å². The van der Waals surface area contributed by atoms with Gasteiger partial charge in [-0.3, -0.25) is 0 Å². The number of hydrogen-bond donors (Lipinski definition) is 0. The monoisotopic (exact) mass is 1250 g/mol. The topological polar surface area (TPSA) is 100 Å². The van der Waals surface area contributed by atoms with E-state index in [1.54, 1.807) is 0 Å². The van der Waals surface area contributed by atoms with Gasteiger partial charge in [0.25, 0.3) is 0 Å². The average Bonchev–Trinajstić information content (AvgIpc) is 1.55. The summed E-state index contributed by atoms with van der Waals surface area (Å²) >= 11 is 0. The Labute approximate surface area is 566 Å². The van der Waals surface area contributed by atoms with Crippen molar-refractivity contribution < 1.29 is 0 Å². The van der Waals surface area contributed by atoms with Gasteiger partial charge in [-0.15, -0.1) is 0 Å². The lowest BCUT2D eigenvalue weighted by molar-refractivity contribution is 1.07. The third-order valence-corrected chi connectivity index (χ3v) is 18.7. The SMILES string of the molecule is [C-]#[N+]c1cccc(-c2ccc(-n3c4ccc(-c5ccccc5)cc4c4cc(-c5ccccc5)ccc43)cc2-c2nc(-c3ccccc3-c3ccc(C#N)cc3)nc(-c3cc(-n4c5ccc(-c6ccccc6)cc5c5cc(-c6ccccc6)ccc54)ccc3-c3cccc(C#N)c3)n2)c1. The largest absolute Gasteiger partial charge is 0.309 e. The zero-order chi connectivity index (χ0) is 65.6. The summed E-state index contributed by atoms with van der Waals surface area (Å²) in [6, 6.07) is 118. The van der Waals surface area contributed by atoms with Gasteiger partial charge in [-0.2, -0.15) is 10.5 Å². The second kappa shape index (κ2) is 24.6. The zero-order valence-electron chi connectivity index (χ0n) is 52.8. The minimum Gasteiger partial charge on any atom is -0.309 e. The Kier molecular flexibility index (Phi) is 14.5. The first-order valence-corrected chi connectivity index (χ1v) is 32.4. The van der Waals surface area contributed by atoms with E-state index in [1.165, 1.54) is 0 Å². The molecule has 0 atom stereocenters. The lowest BCUT2D eigenvalue weighted by Crippen LogP contribution is -2.04. The van der Waals surface area contributed by atoms with Crippen molar-refractivity contribution in [1.29, 1.82) is 10.5 Å². The van der Waals surface area contributed by atoms with Gasteiger partial charge in [0.05, 0.1) is 51.9 Å². The van der Waals surface area contributed by atoms with Gasteiger partial charge in [0.15, 0.2) is 23.2 Å². The van der Waals surface area contributed by atoms with E-state index in [-0.39, 0.29) is 0 Å². The Bertz CT molecular complexity index is 5610. The third kappa shape index (κ3) is 10.5. The van der Waals surface area contributed by atoms with E-state index in [2.05, 4.69) is 238 Å². The molecule has 17 rings (SSSR count). The number of fused-ring (bicyclic) bond motifs is 6. The standard InChI is InChI=1S/C90H54N8/c1-93-71-29-17-28-70(49-71)76-43-41-73(98-86-46-38-67(62-23-10-4-11-24-62)52-80(86)81-53-68(39-47-87(81)98)63-25-12-5-13-26-63)55-83(76)90-95-88(77-31-15-14-30-74(77)64-34-32-58(56-91)33-35-64)94-89(96-90)82-54-72(40-42-75(82)69-27-16-18-59(48-69)57-92)97-84-44-36-65(60-19-6-2-7-20-60)50-78(84)79-51-66(37-45-85(79)97)61-21-8-3-9-22-61/h2-55H. The van der Waals surface area contributed by atoms with Crippen molar-refractivity contribution in [2.24, 2.45) is 0 Å². The number of hydrogen-bond acceptors (Lipinski definition) is 5. The molecule has 0 radical (unpaired) electrons. The summed E-state index contributed by atoms with van der Waals surface area (Å²) in [5.74, 6) is 1.20. The molecule has 0 amide bonds. The molecule has 17 aromatic rings. The van der Waals surface area contributed by atoms with Crippen LogP contribution in [0.25, 0.3) is 172 Å². The Morgan fingerprint density at radius 2 is 0.602 bits per heavy atom. The lowest BCUT2D eigenvalue weighted by Gasteiger charge is -2.18. The summed E-state index contributed by atoms with van der Waals surface area (Å²) in [7, 11) is 0. The molecule has 0 unspecified atom stereocenters. The summed E-state index contributed by atoms with van der Waals surface area (Å²) in [6.45, 7) is 8.22. The van der Waals surface area contributed by atoms with Crippen LogP contribution in [-0.4, -0.2) is 24.1 Å². The third-order valence-electron chi connectivity index (χ3n) is 18.7. The van der Waals surface area contributed by atoms with Crippen molar-refractivity contribution in [3.63, 3.8) is 0 Å². The molecule has 0 aliphatic carbocycles. The fourth-order valence-corrected chi connectivity index (χ4v) is 14.0. The quantitative estimate of drug-likeness (QED) is 0.113. The Hall–Kier alpha value is -13.8. The average molecular weight is 1250 g/mol. The molecule has 0 N–H and O–H groups in total. The van der Waals surface area contributed by atoms with Crippen molar-refractivity contribution >= 4 is 49.3 Å². The molecule has 0 saturated carbocycles. The first-order valence-electron chi connectivity index (χ1n) is 32.4. The fourth-order valence-electron chi connectivity index (χ4n) is 14.0. The molecular weight excluding hydrogens is 1190 g/mol. The summed E-state index contributed by atoms with van der Waals surface area (Å²) in [5.41, 5.74) is 23.5. The van der Waals surface area contributed by atoms with Crippen LogP contribution < -0.4 is 0 Å². The molecule has 0 bridgehead atoms. The smallest absolute Gasteiger partial charge is 0.187 e. The molecule has 8 nitrogen and oxygen atoms in total. The summed E-state index contributed by atoms with van der Waals surface area (Å²) in [4.78, 5) is 21.0. The number of aromatic nitrogens is 5. The maximum Gasteiger partial charge on any atom is 0.187 e. The number of benzene rings is 14. The highest BCUT2D eigenvalue weighted by Crippen LogP contribution is 2.45. The van der Waals surface area contributed by atoms with Crippen molar-refractivity contribution in [2.45, 2.75) is 0 Å². The Balaban J connectivity index is 0.947. The molecule has 0 spiro atoms. The molecule has 98 heavy (non-hydrogen) atoms. The second-order valence-corrected chi connectivity index (χ2v) is 24.4. The van der Waals surface area contributed by atoms with E-state index in [0.29, 0.717) is 45.4 Å². The molecule has 0 saturated heterocycles. The predicted molar refractivity (Wildman–Crippen MR) is 399 cm³/mol. The van der Waals surface area contributed by atoms with Crippen LogP contribution in [0.2, 0.25) is 0 Å². The molecule has 14 aromatic carbocycles. The van der Waals surface area contributed by atoms with Crippen LogP contribution in [0.5, 0.6) is 0 Å². The maximum absolute atomic E-state index is 10.5. The molecule has 0 aliphatic heterocycles. The van der Waals surface area contributed by atoms with Crippen molar-refractivity contribution in [1.82, 2.24) is 24.1 Å². The first-order chi connectivity index (χ1) is 48.4. The van der Waals surface area contributed by atoms with Gasteiger partial charge in [-0.1, -0.05) is 224 Å². The summed E-state index contributed by atoms with van der Waals surface area (Å²) < 4.78 is 4.67. The molecule has 0 fully saturated rings. The molecule has 3 heterocycles. The van der Waals surface area contributed by atoms with Crippen molar-refractivity contribution in [2.75, 3.05) is 0 Å². The predicted octanol–water partition coefficient (Wildman–Crippen LogP) is 23.0. The number of nitrogens with zero attached hydrogens (tertiary/aromatic N) is 8. The lowest BCUT2D eigenvalue weighted by atomic mass is 9.95. The van der Waals surface area contributed by atoms with Gasteiger partial charge in [-0.25, -0.2) is 19.8 Å². The van der Waals surface area contributed by atoms with E-state index >= 15 is 0 Å². The van der Waals surface area contributed by atoms with Gasteiger partial charge in [-0.05, 0) is 181 Å². The molecule has 0 aliphatic rings. The van der Waals surface area contributed by atoms with Crippen LogP contribution in [0.1, 0.15) is 11.1 Å². The van der Waals surface area contributed by atoms with Crippen molar-refractivity contribution in [3.05, 3.63) is 350 Å². The second-order valence-electron chi connectivity index (χ2n) is 24.4. The Morgan fingerprint density at radius 1 is 0.255 bits per heavy atom. The Morgan fingerprint density at radius 3 is 1.01 bits per heavy atom. The first kappa shape index (κ1) is 58.0. The maximum atomic E-state index is 10.5. The highest BCUT2D eigenvalue weighted by molar-refractivity contribution is 6.13. The van der Waals surface area contributed by atoms with Crippen LogP contribution in [0.4, 0.5) is 5.69 Å². The molecule has 3 aromatic heterocycles. The van der Waals surface area contributed by atoms with Crippen LogP contribution in [-0.2, 0) is 0 Å². The molecule has 8 heteroatoms.